The number of rotatable bonds is 9. The molecule has 35 heavy (non-hydrogen) atoms. The lowest BCUT2D eigenvalue weighted by molar-refractivity contribution is 0.0945. The van der Waals surface area contributed by atoms with Gasteiger partial charge in [0.1, 0.15) is 11.4 Å². The number of benzene rings is 1. The van der Waals surface area contributed by atoms with Crippen LogP contribution < -0.4 is 10.1 Å². The highest BCUT2D eigenvalue weighted by Gasteiger charge is 2.22. The van der Waals surface area contributed by atoms with Crippen LogP contribution in [0, 0.1) is 18.8 Å². The van der Waals surface area contributed by atoms with Gasteiger partial charge in [0.05, 0.1) is 12.6 Å². The number of ether oxygens (including phenoxy) is 1. The molecule has 4 rings (SSSR count). The van der Waals surface area contributed by atoms with Crippen molar-refractivity contribution in [2.24, 2.45) is 11.8 Å². The smallest absolute Gasteiger partial charge is 0.270 e. The largest absolute Gasteiger partial charge is 0.491 e. The van der Waals surface area contributed by atoms with Crippen molar-refractivity contribution in [3.05, 3.63) is 53.3 Å². The van der Waals surface area contributed by atoms with Crippen molar-refractivity contribution < 1.29 is 14.6 Å². The Labute approximate surface area is 205 Å². The molecular formula is C26H34N6O3. The minimum atomic E-state index is -0.266. The first-order valence-electron chi connectivity index (χ1n) is 12.3. The first-order chi connectivity index (χ1) is 16.9. The van der Waals surface area contributed by atoms with Crippen molar-refractivity contribution in [1.82, 2.24) is 30.5 Å². The van der Waals surface area contributed by atoms with Gasteiger partial charge < -0.3 is 15.2 Å². The maximum absolute atomic E-state index is 12.9. The normalized spacial score (nSPS) is 18.0. The highest BCUT2D eigenvalue weighted by Crippen LogP contribution is 2.29. The number of nitrogens with one attached hydrogen (secondary N) is 1. The van der Waals surface area contributed by atoms with Gasteiger partial charge in [-0.1, -0.05) is 12.1 Å². The van der Waals surface area contributed by atoms with Gasteiger partial charge >= 0.3 is 0 Å². The van der Waals surface area contributed by atoms with Crippen molar-refractivity contribution in [1.29, 1.82) is 0 Å². The van der Waals surface area contributed by atoms with E-state index in [-0.39, 0.29) is 18.6 Å². The molecular weight excluding hydrogens is 444 g/mol. The topological polar surface area (TPSA) is 115 Å². The molecule has 0 unspecified atom stereocenters. The standard InChI is InChI=1S/C26H34N6O3/c1-17(2)35-23-6-4-5-21(12-23)14-27-26(34)24-13-22(11-18(3)28-24)25-29-31-32(30-25)15-19-7-9-20(16-33)10-8-19/h4-6,11-13,17,19-20,33H,7-10,14-16H2,1-3H3,(H,27,34). The van der Waals surface area contributed by atoms with Crippen LogP contribution in [0.2, 0.25) is 0 Å². The summed E-state index contributed by atoms with van der Waals surface area (Å²) < 4.78 is 5.73. The van der Waals surface area contributed by atoms with Gasteiger partial charge in [-0.05, 0) is 93.3 Å². The molecule has 2 N–H and O–H groups in total. The van der Waals surface area contributed by atoms with Crippen molar-refractivity contribution >= 4 is 5.91 Å². The van der Waals surface area contributed by atoms with E-state index in [0.29, 0.717) is 47.7 Å². The molecule has 1 aliphatic carbocycles. The molecule has 9 nitrogen and oxygen atoms in total. The zero-order valence-corrected chi connectivity index (χ0v) is 20.6. The van der Waals surface area contributed by atoms with E-state index >= 15 is 0 Å². The second-order valence-electron chi connectivity index (χ2n) is 9.62. The maximum atomic E-state index is 12.9. The summed E-state index contributed by atoms with van der Waals surface area (Å²) in [5.74, 6) is 1.90. The quantitative estimate of drug-likeness (QED) is 0.483. The fraction of sp³-hybridized carbons (Fsp3) is 0.500. The molecule has 1 fully saturated rings. The molecule has 1 saturated carbocycles. The van der Waals surface area contributed by atoms with Gasteiger partial charge in [-0.25, -0.2) is 4.98 Å². The Balaban J connectivity index is 1.39. The summed E-state index contributed by atoms with van der Waals surface area (Å²) in [7, 11) is 0. The van der Waals surface area contributed by atoms with Crippen LogP contribution >= 0.6 is 0 Å². The molecule has 0 spiro atoms. The predicted octanol–water partition coefficient (Wildman–Crippen LogP) is 3.56. The highest BCUT2D eigenvalue weighted by atomic mass is 16.5. The number of amides is 1. The Bertz CT molecular complexity index is 1140. The lowest BCUT2D eigenvalue weighted by Gasteiger charge is -2.26. The molecule has 0 atom stereocenters. The molecule has 3 aromatic rings. The van der Waals surface area contributed by atoms with E-state index in [0.717, 1.165) is 37.0 Å². The molecule has 186 valence electrons. The van der Waals surface area contributed by atoms with Crippen molar-refractivity contribution in [2.45, 2.75) is 65.6 Å². The Morgan fingerprint density at radius 2 is 1.94 bits per heavy atom. The molecule has 1 amide bonds. The van der Waals surface area contributed by atoms with Gasteiger partial charge in [0.25, 0.3) is 5.91 Å². The van der Waals surface area contributed by atoms with Crippen molar-refractivity contribution in [3.8, 4) is 17.1 Å². The Morgan fingerprint density at radius 3 is 2.69 bits per heavy atom. The van der Waals surface area contributed by atoms with E-state index in [9.17, 15) is 9.90 Å². The van der Waals surface area contributed by atoms with Gasteiger partial charge in [0, 0.05) is 24.4 Å². The number of tetrazole rings is 1. The number of aliphatic hydroxyl groups excluding tert-OH is 1. The van der Waals surface area contributed by atoms with E-state index in [4.69, 9.17) is 4.74 Å². The summed E-state index contributed by atoms with van der Waals surface area (Å²) in [5.41, 5.74) is 2.68. The third-order valence-electron chi connectivity index (χ3n) is 6.27. The first kappa shape index (κ1) is 24.8. The number of hydrogen-bond donors (Lipinski definition) is 2. The number of carbonyl (C=O) groups excluding carboxylic acids is 1. The Morgan fingerprint density at radius 1 is 1.17 bits per heavy atom. The van der Waals surface area contributed by atoms with Crippen LogP contribution in [-0.4, -0.2) is 48.9 Å². The molecule has 9 heteroatoms. The van der Waals surface area contributed by atoms with Gasteiger partial charge in [0.15, 0.2) is 0 Å². The summed E-state index contributed by atoms with van der Waals surface area (Å²) in [6, 6.07) is 11.2. The molecule has 2 heterocycles. The van der Waals surface area contributed by atoms with Crippen LogP contribution in [0.25, 0.3) is 11.4 Å². The highest BCUT2D eigenvalue weighted by molar-refractivity contribution is 5.93. The lowest BCUT2D eigenvalue weighted by atomic mass is 9.82. The minimum Gasteiger partial charge on any atom is -0.491 e. The van der Waals surface area contributed by atoms with Crippen LogP contribution in [0.3, 0.4) is 0 Å². The van der Waals surface area contributed by atoms with Gasteiger partial charge in [-0.2, -0.15) is 4.80 Å². The second-order valence-corrected chi connectivity index (χ2v) is 9.62. The summed E-state index contributed by atoms with van der Waals surface area (Å²) in [4.78, 5) is 18.9. The number of hydrogen-bond acceptors (Lipinski definition) is 7. The number of aliphatic hydroxyl groups is 1. The maximum Gasteiger partial charge on any atom is 0.270 e. The van der Waals surface area contributed by atoms with E-state index in [1.54, 1.807) is 10.9 Å². The van der Waals surface area contributed by atoms with Gasteiger partial charge in [-0.3, -0.25) is 4.79 Å². The molecule has 2 aromatic heterocycles. The van der Waals surface area contributed by atoms with Crippen LogP contribution in [0.5, 0.6) is 5.75 Å². The average molecular weight is 479 g/mol. The number of aryl methyl sites for hydroxylation is 1. The predicted molar refractivity (Wildman–Crippen MR) is 132 cm³/mol. The average Bonchev–Trinajstić information content (AvgIpc) is 3.31. The SMILES string of the molecule is Cc1cc(-c2nnn(CC3CCC(CO)CC3)n2)cc(C(=O)NCc2cccc(OC(C)C)c2)n1. The number of nitrogens with zero attached hydrogens (tertiary/aromatic N) is 5. The fourth-order valence-corrected chi connectivity index (χ4v) is 4.45. The summed E-state index contributed by atoms with van der Waals surface area (Å²) in [6.07, 6.45) is 4.29. The lowest BCUT2D eigenvalue weighted by Crippen LogP contribution is -2.24. The van der Waals surface area contributed by atoms with E-state index in [1.807, 2.05) is 51.1 Å². The zero-order valence-electron chi connectivity index (χ0n) is 20.6. The Kier molecular flexibility index (Phi) is 8.07. The molecule has 0 aliphatic heterocycles. The molecule has 0 bridgehead atoms. The van der Waals surface area contributed by atoms with E-state index in [1.165, 1.54) is 0 Å². The van der Waals surface area contributed by atoms with Crippen LogP contribution in [0.15, 0.2) is 36.4 Å². The fourth-order valence-electron chi connectivity index (χ4n) is 4.45. The summed E-state index contributed by atoms with van der Waals surface area (Å²) in [5, 5.41) is 25.3. The van der Waals surface area contributed by atoms with E-state index in [2.05, 4.69) is 25.7 Å². The van der Waals surface area contributed by atoms with Crippen molar-refractivity contribution in [3.63, 3.8) is 0 Å². The molecule has 1 aromatic carbocycles. The van der Waals surface area contributed by atoms with Crippen LogP contribution in [0.1, 0.15) is 61.3 Å². The number of carbonyl (C=O) groups is 1. The summed E-state index contributed by atoms with van der Waals surface area (Å²) in [6.45, 7) is 7.15. The molecule has 0 radical (unpaired) electrons. The monoisotopic (exact) mass is 478 g/mol. The number of pyridine rings is 1. The van der Waals surface area contributed by atoms with Crippen LogP contribution in [-0.2, 0) is 13.1 Å². The number of aromatic nitrogens is 5. The van der Waals surface area contributed by atoms with E-state index < -0.39 is 0 Å². The minimum absolute atomic E-state index is 0.0858. The molecule has 1 aliphatic rings. The molecule has 0 saturated heterocycles. The second kappa shape index (κ2) is 11.4. The van der Waals surface area contributed by atoms with Crippen LogP contribution in [0.4, 0.5) is 0 Å². The Hall–Kier alpha value is -3.33. The zero-order chi connectivity index (χ0) is 24.8. The third kappa shape index (κ3) is 6.85. The van der Waals surface area contributed by atoms with Gasteiger partial charge in [0.2, 0.25) is 5.82 Å². The van der Waals surface area contributed by atoms with Crippen molar-refractivity contribution in [2.75, 3.05) is 6.61 Å². The summed E-state index contributed by atoms with van der Waals surface area (Å²) >= 11 is 0. The van der Waals surface area contributed by atoms with Gasteiger partial charge in [-0.15, -0.1) is 10.2 Å². The third-order valence-corrected chi connectivity index (χ3v) is 6.27. The first-order valence-corrected chi connectivity index (χ1v) is 12.3.